The van der Waals surface area contributed by atoms with Crippen LogP contribution in [0, 0.1) is 0 Å². The predicted octanol–water partition coefficient (Wildman–Crippen LogP) is 2.53. The highest BCUT2D eigenvalue weighted by atomic mass is 32.2. The maximum atomic E-state index is 12.5. The van der Waals surface area contributed by atoms with Crippen LogP contribution in [0.25, 0.3) is 0 Å². The van der Waals surface area contributed by atoms with Crippen LogP contribution < -0.4 is 5.32 Å². The molecule has 1 unspecified atom stereocenters. The molecule has 1 spiro atoms. The largest absolute Gasteiger partial charge is 0.318 e. The molecule has 1 heterocycles. The molecule has 1 aromatic rings. The van der Waals surface area contributed by atoms with Gasteiger partial charge in [-0.05, 0) is 49.6 Å². The van der Waals surface area contributed by atoms with Crippen molar-refractivity contribution in [2.24, 2.45) is 0 Å². The average Bonchev–Trinajstić information content (AvgIpc) is 3.33. The molecule has 3 nitrogen and oxygen atoms in total. The number of hydrogen-bond donors (Lipinski definition) is 1. The Morgan fingerprint density at radius 1 is 1.26 bits per heavy atom. The number of benzene rings is 1. The number of rotatable bonds is 3. The quantitative estimate of drug-likeness (QED) is 0.860. The number of amides is 1. The molecule has 4 rings (SSSR count). The van der Waals surface area contributed by atoms with Gasteiger partial charge >= 0.3 is 0 Å². The lowest BCUT2D eigenvalue weighted by atomic mass is 10.1. The maximum Gasteiger partial charge on any atom is 0.244 e. The second-order valence-electron chi connectivity index (χ2n) is 5.85. The highest BCUT2D eigenvalue weighted by Crippen LogP contribution is 2.49. The minimum Gasteiger partial charge on any atom is -0.318 e. The van der Waals surface area contributed by atoms with Crippen molar-refractivity contribution in [3.05, 3.63) is 29.8 Å². The van der Waals surface area contributed by atoms with Gasteiger partial charge in [0.05, 0.1) is 0 Å². The zero-order valence-corrected chi connectivity index (χ0v) is 11.9. The van der Waals surface area contributed by atoms with Gasteiger partial charge in [0, 0.05) is 10.9 Å². The molecule has 0 bridgehead atoms. The Kier molecular flexibility index (Phi) is 2.48. The fraction of sp³-hybridized carbons (Fsp3) is 0.533. The van der Waals surface area contributed by atoms with E-state index >= 15 is 0 Å². The van der Waals surface area contributed by atoms with E-state index in [0.29, 0.717) is 11.9 Å². The zero-order chi connectivity index (χ0) is 13.0. The van der Waals surface area contributed by atoms with Gasteiger partial charge in [-0.15, -0.1) is 11.8 Å². The van der Waals surface area contributed by atoms with E-state index in [2.05, 4.69) is 40.7 Å². The molecular formula is C15H18N2OS. The van der Waals surface area contributed by atoms with Crippen molar-refractivity contribution in [1.82, 2.24) is 10.2 Å². The first kappa shape index (κ1) is 11.8. The molecule has 1 aliphatic heterocycles. The van der Waals surface area contributed by atoms with Gasteiger partial charge in [0.25, 0.3) is 0 Å². The van der Waals surface area contributed by atoms with Gasteiger partial charge in [0.1, 0.15) is 11.7 Å². The zero-order valence-electron chi connectivity index (χ0n) is 11.1. The van der Waals surface area contributed by atoms with Gasteiger partial charge < -0.3 is 4.90 Å². The van der Waals surface area contributed by atoms with Gasteiger partial charge in [0.15, 0.2) is 0 Å². The second kappa shape index (κ2) is 4.00. The Morgan fingerprint density at radius 2 is 1.95 bits per heavy atom. The third kappa shape index (κ3) is 1.81. The maximum absolute atomic E-state index is 12.5. The molecule has 4 heteroatoms. The number of hydrogen-bond acceptors (Lipinski definition) is 3. The predicted molar refractivity (Wildman–Crippen MR) is 75.9 cm³/mol. The third-order valence-corrected chi connectivity index (χ3v) is 5.20. The minimum absolute atomic E-state index is 0.0957. The van der Waals surface area contributed by atoms with E-state index < -0.39 is 0 Å². The molecule has 3 aliphatic rings. The van der Waals surface area contributed by atoms with Gasteiger partial charge in [0.2, 0.25) is 5.91 Å². The summed E-state index contributed by atoms with van der Waals surface area (Å²) in [6.45, 7) is 0. The second-order valence-corrected chi connectivity index (χ2v) is 6.73. The van der Waals surface area contributed by atoms with Crippen LogP contribution in [0.5, 0.6) is 0 Å². The van der Waals surface area contributed by atoms with Crippen molar-refractivity contribution >= 4 is 17.7 Å². The summed E-state index contributed by atoms with van der Waals surface area (Å²) in [6.07, 6.45) is 6.54. The molecule has 2 aliphatic carbocycles. The number of nitrogens with one attached hydrogen (secondary N) is 1. The standard InChI is InChI=1S/C15H18N2OS/c1-19-12-6-2-10(3-7-12)13-16-15(8-9-15)14(18)17(13)11-4-5-11/h2-3,6-7,11,13,16H,4-5,8-9H2,1H3. The molecule has 1 aromatic carbocycles. The smallest absolute Gasteiger partial charge is 0.244 e. The Hall–Kier alpha value is -1.00. The van der Waals surface area contributed by atoms with Crippen molar-refractivity contribution in [2.75, 3.05) is 6.26 Å². The summed E-state index contributed by atoms with van der Waals surface area (Å²) in [6, 6.07) is 9.09. The summed E-state index contributed by atoms with van der Waals surface area (Å²) in [5, 5.41) is 3.59. The van der Waals surface area contributed by atoms with E-state index in [1.165, 1.54) is 23.3 Å². The van der Waals surface area contributed by atoms with E-state index in [-0.39, 0.29) is 11.7 Å². The fourth-order valence-electron chi connectivity index (χ4n) is 3.00. The first-order chi connectivity index (χ1) is 9.23. The van der Waals surface area contributed by atoms with E-state index in [1.807, 2.05) is 0 Å². The van der Waals surface area contributed by atoms with Crippen molar-refractivity contribution in [3.63, 3.8) is 0 Å². The van der Waals surface area contributed by atoms with Crippen LogP contribution in [-0.4, -0.2) is 28.6 Å². The summed E-state index contributed by atoms with van der Waals surface area (Å²) >= 11 is 1.75. The van der Waals surface area contributed by atoms with E-state index in [4.69, 9.17) is 0 Å². The molecule has 1 N–H and O–H groups in total. The summed E-state index contributed by atoms with van der Waals surface area (Å²) in [4.78, 5) is 15.9. The first-order valence-corrected chi connectivity index (χ1v) is 8.20. The van der Waals surface area contributed by atoms with E-state index in [1.54, 1.807) is 11.8 Å². The lowest BCUT2D eigenvalue weighted by Gasteiger charge is -2.24. The molecule has 1 saturated heterocycles. The van der Waals surface area contributed by atoms with Crippen LogP contribution in [0.15, 0.2) is 29.2 Å². The van der Waals surface area contributed by atoms with Crippen LogP contribution in [0.4, 0.5) is 0 Å². The molecule has 1 atom stereocenters. The highest BCUT2D eigenvalue weighted by molar-refractivity contribution is 7.98. The topological polar surface area (TPSA) is 32.3 Å². The number of nitrogens with zero attached hydrogens (tertiary/aromatic N) is 1. The summed E-state index contributed by atoms with van der Waals surface area (Å²) in [5.74, 6) is 0.342. The van der Waals surface area contributed by atoms with E-state index in [0.717, 1.165) is 12.8 Å². The molecule has 0 aromatic heterocycles. The monoisotopic (exact) mass is 274 g/mol. The Labute approximate surface area is 117 Å². The molecule has 0 radical (unpaired) electrons. The van der Waals surface area contributed by atoms with Crippen LogP contribution in [-0.2, 0) is 4.79 Å². The molecule has 3 fully saturated rings. The van der Waals surface area contributed by atoms with Crippen molar-refractivity contribution in [3.8, 4) is 0 Å². The Morgan fingerprint density at radius 3 is 2.47 bits per heavy atom. The third-order valence-electron chi connectivity index (χ3n) is 4.46. The number of carbonyl (C=O) groups is 1. The van der Waals surface area contributed by atoms with Crippen LogP contribution in [0.2, 0.25) is 0 Å². The lowest BCUT2D eigenvalue weighted by molar-refractivity contribution is -0.131. The molecule has 19 heavy (non-hydrogen) atoms. The number of thioether (sulfide) groups is 1. The van der Waals surface area contributed by atoms with Crippen molar-refractivity contribution < 1.29 is 4.79 Å². The Balaban J connectivity index is 1.66. The normalized spacial score (nSPS) is 28.2. The summed E-state index contributed by atoms with van der Waals surface area (Å²) in [5.41, 5.74) is 1.02. The highest BCUT2D eigenvalue weighted by Gasteiger charge is 2.61. The van der Waals surface area contributed by atoms with Crippen LogP contribution >= 0.6 is 11.8 Å². The lowest BCUT2D eigenvalue weighted by Crippen LogP contribution is -2.33. The van der Waals surface area contributed by atoms with Crippen LogP contribution in [0.3, 0.4) is 0 Å². The SMILES string of the molecule is CSc1ccc(C2NC3(CC3)C(=O)N2C2CC2)cc1. The molecule has 2 saturated carbocycles. The summed E-state index contributed by atoms with van der Waals surface area (Å²) in [7, 11) is 0. The molecule has 100 valence electrons. The van der Waals surface area contributed by atoms with Gasteiger partial charge in [-0.1, -0.05) is 12.1 Å². The van der Waals surface area contributed by atoms with Gasteiger partial charge in [-0.2, -0.15) is 0 Å². The summed E-state index contributed by atoms with van der Waals surface area (Å²) < 4.78 is 0. The van der Waals surface area contributed by atoms with E-state index in [9.17, 15) is 4.79 Å². The van der Waals surface area contributed by atoms with Crippen molar-refractivity contribution in [1.29, 1.82) is 0 Å². The molecular weight excluding hydrogens is 256 g/mol. The molecule has 1 amide bonds. The number of carbonyl (C=O) groups excluding carboxylic acids is 1. The fourth-order valence-corrected chi connectivity index (χ4v) is 3.41. The average molecular weight is 274 g/mol. The first-order valence-electron chi connectivity index (χ1n) is 6.98. The van der Waals surface area contributed by atoms with Gasteiger partial charge in [-0.3, -0.25) is 10.1 Å². The van der Waals surface area contributed by atoms with Gasteiger partial charge in [-0.25, -0.2) is 0 Å². The minimum atomic E-state index is -0.203. The van der Waals surface area contributed by atoms with Crippen LogP contribution in [0.1, 0.15) is 37.4 Å². The van der Waals surface area contributed by atoms with Crippen molar-refractivity contribution in [2.45, 2.75) is 48.3 Å². The Bertz CT molecular complexity index is 519.